The maximum atomic E-state index is 12.1. The number of aromatic nitrogens is 4. The van der Waals surface area contributed by atoms with E-state index in [2.05, 4.69) is 20.5 Å². The number of thiazole rings is 1. The van der Waals surface area contributed by atoms with Gasteiger partial charge < -0.3 is 5.32 Å². The van der Waals surface area contributed by atoms with Gasteiger partial charge in [-0.2, -0.15) is 0 Å². The average molecular weight is 396 g/mol. The van der Waals surface area contributed by atoms with Crippen LogP contribution in [0.1, 0.15) is 36.8 Å². The SMILES string of the molecule is CCCCC(=O)Nc1nnc(SCc2cc(=O)n3cc(C)sc3n2)s1. The van der Waals surface area contributed by atoms with E-state index in [0.29, 0.717) is 28.0 Å². The van der Waals surface area contributed by atoms with Gasteiger partial charge >= 0.3 is 0 Å². The Kier molecular flexibility index (Phi) is 5.82. The molecule has 25 heavy (non-hydrogen) atoms. The number of nitrogens with one attached hydrogen (secondary N) is 1. The molecule has 0 aliphatic carbocycles. The lowest BCUT2D eigenvalue weighted by Crippen LogP contribution is -2.12. The summed E-state index contributed by atoms with van der Waals surface area (Å²) in [6.07, 6.45) is 4.13. The largest absolute Gasteiger partial charge is 0.301 e. The number of aryl methyl sites for hydroxylation is 1. The van der Waals surface area contributed by atoms with Crippen molar-refractivity contribution in [1.29, 1.82) is 0 Å². The summed E-state index contributed by atoms with van der Waals surface area (Å²) in [6, 6.07) is 1.54. The number of unbranched alkanes of at least 4 members (excludes halogenated alkanes) is 1. The van der Waals surface area contributed by atoms with Crippen molar-refractivity contribution in [1.82, 2.24) is 19.6 Å². The van der Waals surface area contributed by atoms with Crippen LogP contribution in [0.5, 0.6) is 0 Å². The lowest BCUT2D eigenvalue weighted by molar-refractivity contribution is -0.116. The van der Waals surface area contributed by atoms with Gasteiger partial charge in [0, 0.05) is 29.3 Å². The number of anilines is 1. The van der Waals surface area contributed by atoms with E-state index >= 15 is 0 Å². The van der Waals surface area contributed by atoms with Crippen molar-refractivity contribution in [3.8, 4) is 0 Å². The Hall–Kier alpha value is -1.78. The van der Waals surface area contributed by atoms with Gasteiger partial charge in [0.05, 0.1) is 5.69 Å². The first-order chi connectivity index (χ1) is 12.0. The van der Waals surface area contributed by atoms with Gasteiger partial charge in [-0.3, -0.25) is 14.0 Å². The first kappa shape index (κ1) is 18.0. The third-order valence-corrected chi connectivity index (χ3v) is 6.19. The topological polar surface area (TPSA) is 89.2 Å². The smallest absolute Gasteiger partial charge is 0.258 e. The number of rotatable bonds is 7. The molecule has 0 aliphatic heterocycles. The van der Waals surface area contributed by atoms with Crippen LogP contribution in [0.2, 0.25) is 0 Å². The van der Waals surface area contributed by atoms with E-state index in [9.17, 15) is 9.59 Å². The van der Waals surface area contributed by atoms with Gasteiger partial charge in [-0.05, 0) is 13.3 Å². The second-order valence-electron chi connectivity index (χ2n) is 5.39. The number of thioether (sulfide) groups is 1. The Balaban J connectivity index is 1.62. The van der Waals surface area contributed by atoms with Gasteiger partial charge in [-0.15, -0.1) is 21.5 Å². The number of hydrogen-bond acceptors (Lipinski definition) is 8. The fourth-order valence-corrected chi connectivity index (χ4v) is 4.62. The molecule has 132 valence electrons. The number of hydrogen-bond donors (Lipinski definition) is 1. The summed E-state index contributed by atoms with van der Waals surface area (Å²) in [4.78, 5) is 30.0. The summed E-state index contributed by atoms with van der Waals surface area (Å²) >= 11 is 4.27. The highest BCUT2D eigenvalue weighted by atomic mass is 32.2. The van der Waals surface area contributed by atoms with Crippen molar-refractivity contribution in [2.24, 2.45) is 0 Å². The zero-order valence-corrected chi connectivity index (χ0v) is 16.3. The summed E-state index contributed by atoms with van der Waals surface area (Å²) in [5.74, 6) is 0.490. The zero-order chi connectivity index (χ0) is 17.8. The van der Waals surface area contributed by atoms with Gasteiger partial charge in [-0.1, -0.05) is 36.4 Å². The van der Waals surface area contributed by atoms with Crippen LogP contribution in [0.4, 0.5) is 5.13 Å². The second kappa shape index (κ2) is 8.07. The maximum absolute atomic E-state index is 12.1. The molecule has 1 amide bonds. The van der Waals surface area contributed by atoms with E-state index in [1.165, 1.54) is 34.4 Å². The van der Waals surface area contributed by atoms with E-state index in [0.717, 1.165) is 22.1 Å². The summed E-state index contributed by atoms with van der Waals surface area (Å²) in [7, 11) is 0. The molecule has 0 atom stereocenters. The van der Waals surface area contributed by atoms with E-state index < -0.39 is 0 Å². The van der Waals surface area contributed by atoms with Crippen molar-refractivity contribution in [2.75, 3.05) is 5.32 Å². The molecule has 0 aromatic carbocycles. The average Bonchev–Trinajstić information content (AvgIpc) is 3.17. The molecule has 3 aromatic heterocycles. The summed E-state index contributed by atoms with van der Waals surface area (Å²) < 4.78 is 2.29. The first-order valence-electron chi connectivity index (χ1n) is 7.80. The number of carbonyl (C=O) groups is 1. The molecule has 0 radical (unpaired) electrons. The van der Waals surface area contributed by atoms with Crippen molar-refractivity contribution in [2.45, 2.75) is 43.2 Å². The van der Waals surface area contributed by atoms with Crippen LogP contribution in [0.25, 0.3) is 4.96 Å². The number of fused-ring (bicyclic) bond motifs is 1. The molecule has 7 nitrogen and oxygen atoms in total. The zero-order valence-electron chi connectivity index (χ0n) is 13.8. The summed E-state index contributed by atoms with van der Waals surface area (Å²) in [5, 5.41) is 11.3. The van der Waals surface area contributed by atoms with Crippen LogP contribution in [-0.4, -0.2) is 25.5 Å². The minimum atomic E-state index is -0.0777. The second-order valence-corrected chi connectivity index (χ2v) is 8.81. The van der Waals surface area contributed by atoms with Crippen LogP contribution in [-0.2, 0) is 10.5 Å². The quantitative estimate of drug-likeness (QED) is 0.487. The van der Waals surface area contributed by atoms with Gasteiger partial charge in [0.25, 0.3) is 5.56 Å². The minimum absolute atomic E-state index is 0.0391. The van der Waals surface area contributed by atoms with Gasteiger partial charge in [-0.25, -0.2) is 4.98 Å². The monoisotopic (exact) mass is 395 g/mol. The van der Waals surface area contributed by atoms with E-state index in [4.69, 9.17) is 0 Å². The highest BCUT2D eigenvalue weighted by molar-refractivity contribution is 8.00. The Morgan fingerprint density at radius 2 is 2.20 bits per heavy atom. The molecule has 0 spiro atoms. The summed E-state index contributed by atoms with van der Waals surface area (Å²) in [6.45, 7) is 3.99. The molecule has 1 N–H and O–H groups in total. The molecular weight excluding hydrogens is 378 g/mol. The predicted octanol–water partition coefficient (Wildman–Crippen LogP) is 3.34. The molecule has 0 unspecified atom stereocenters. The Labute approximate surface area is 156 Å². The molecule has 10 heteroatoms. The number of amides is 1. The van der Waals surface area contributed by atoms with E-state index in [1.54, 1.807) is 16.7 Å². The third-order valence-electron chi connectivity index (χ3n) is 3.29. The molecule has 0 fully saturated rings. The van der Waals surface area contributed by atoms with Crippen molar-refractivity contribution in [3.05, 3.63) is 33.2 Å². The highest BCUT2D eigenvalue weighted by Gasteiger charge is 2.10. The maximum Gasteiger partial charge on any atom is 0.258 e. The molecule has 0 saturated carbocycles. The molecule has 3 heterocycles. The standard InChI is InChI=1S/C15H17N5O2S3/c1-3-4-5-11(21)17-13-18-19-15(25-13)23-8-10-6-12(22)20-7-9(2)24-14(20)16-10/h6-7H,3-5,8H2,1-2H3,(H,17,18,21). The van der Waals surface area contributed by atoms with Crippen LogP contribution in [0.15, 0.2) is 21.4 Å². The lowest BCUT2D eigenvalue weighted by atomic mass is 10.2. The fourth-order valence-electron chi connectivity index (χ4n) is 2.11. The first-order valence-corrected chi connectivity index (χ1v) is 10.4. The van der Waals surface area contributed by atoms with Crippen molar-refractivity contribution >= 4 is 50.4 Å². The molecule has 0 aliphatic rings. The Bertz CT molecular complexity index is 946. The van der Waals surface area contributed by atoms with Crippen molar-refractivity contribution < 1.29 is 4.79 Å². The number of carbonyl (C=O) groups excluding carboxylic acids is 1. The lowest BCUT2D eigenvalue weighted by Gasteiger charge is -1.99. The fraction of sp³-hybridized carbons (Fsp3) is 0.400. The molecule has 0 bridgehead atoms. The minimum Gasteiger partial charge on any atom is -0.301 e. The highest BCUT2D eigenvalue weighted by Crippen LogP contribution is 2.28. The third kappa shape index (κ3) is 4.65. The van der Waals surface area contributed by atoms with Gasteiger partial charge in [0.1, 0.15) is 0 Å². The predicted molar refractivity (Wildman–Crippen MR) is 102 cm³/mol. The Morgan fingerprint density at radius 3 is 3.00 bits per heavy atom. The molecule has 3 aromatic rings. The van der Waals surface area contributed by atoms with Crippen LogP contribution < -0.4 is 10.9 Å². The molecule has 0 saturated heterocycles. The van der Waals surface area contributed by atoms with Crippen LogP contribution in [0.3, 0.4) is 0 Å². The molecule has 3 rings (SSSR count). The van der Waals surface area contributed by atoms with E-state index in [1.807, 2.05) is 13.8 Å². The van der Waals surface area contributed by atoms with Crippen molar-refractivity contribution in [3.63, 3.8) is 0 Å². The van der Waals surface area contributed by atoms with E-state index in [-0.39, 0.29) is 11.5 Å². The van der Waals surface area contributed by atoms with Gasteiger partial charge in [0.15, 0.2) is 9.30 Å². The van der Waals surface area contributed by atoms with Crippen LogP contribution >= 0.6 is 34.4 Å². The van der Waals surface area contributed by atoms with Crippen LogP contribution in [0, 0.1) is 6.92 Å². The Morgan fingerprint density at radius 1 is 1.36 bits per heavy atom. The molecular formula is C15H17N5O2S3. The van der Waals surface area contributed by atoms with Gasteiger partial charge in [0.2, 0.25) is 11.0 Å². The summed E-state index contributed by atoms with van der Waals surface area (Å²) in [5.41, 5.74) is 0.631. The number of nitrogens with zero attached hydrogens (tertiary/aromatic N) is 4. The normalized spacial score (nSPS) is 11.1.